The van der Waals surface area contributed by atoms with E-state index in [0.717, 1.165) is 0 Å². The Morgan fingerprint density at radius 1 is 1.25 bits per heavy atom. The Morgan fingerprint density at radius 2 is 2.00 bits per heavy atom. The number of halogens is 4. The maximum Gasteiger partial charge on any atom is 0.145 e. The average Bonchev–Trinajstić information content (AvgIpc) is 2.44. The van der Waals surface area contributed by atoms with Crippen LogP contribution in [0.25, 0.3) is 0 Å². The number of hydrogen-bond acceptors (Lipinski definition) is 2. The summed E-state index contributed by atoms with van der Waals surface area (Å²) < 4.78 is 27.8. The molecule has 0 aromatic heterocycles. The molecule has 20 heavy (non-hydrogen) atoms. The maximum atomic E-state index is 13.9. The van der Waals surface area contributed by atoms with Crippen LogP contribution in [0.15, 0.2) is 40.9 Å². The van der Waals surface area contributed by atoms with E-state index in [-0.39, 0.29) is 11.4 Å². The first-order valence-corrected chi connectivity index (χ1v) is 7.04. The number of hydrogen-bond donors (Lipinski definition) is 2. The number of nitrogens with two attached hydrogens (primary N) is 1. The topological polar surface area (TPSA) is 38.0 Å². The summed E-state index contributed by atoms with van der Waals surface area (Å²) in [7, 11) is 0. The van der Waals surface area contributed by atoms with Crippen molar-refractivity contribution in [2.45, 2.75) is 12.5 Å². The zero-order valence-electron chi connectivity index (χ0n) is 10.3. The Bertz CT molecular complexity index is 622. The molecule has 106 valence electrons. The molecule has 0 aliphatic carbocycles. The van der Waals surface area contributed by atoms with E-state index in [9.17, 15) is 8.78 Å². The minimum absolute atomic E-state index is 0.0558. The smallest absolute Gasteiger partial charge is 0.145 e. The van der Waals surface area contributed by atoms with Crippen LogP contribution in [0.4, 0.5) is 8.78 Å². The molecule has 2 aromatic carbocycles. The van der Waals surface area contributed by atoms with E-state index in [1.165, 1.54) is 12.1 Å². The van der Waals surface area contributed by atoms with Crippen molar-refractivity contribution in [2.24, 2.45) is 5.84 Å². The molecule has 2 aromatic rings. The lowest BCUT2D eigenvalue weighted by Gasteiger charge is -2.17. The van der Waals surface area contributed by atoms with E-state index in [4.69, 9.17) is 17.4 Å². The largest absolute Gasteiger partial charge is 0.271 e. The number of rotatable bonds is 4. The van der Waals surface area contributed by atoms with E-state index >= 15 is 0 Å². The van der Waals surface area contributed by atoms with Crippen LogP contribution in [-0.2, 0) is 6.42 Å². The molecule has 0 saturated heterocycles. The first-order valence-electron chi connectivity index (χ1n) is 5.87. The zero-order valence-corrected chi connectivity index (χ0v) is 12.7. The van der Waals surface area contributed by atoms with E-state index in [2.05, 4.69) is 21.4 Å². The van der Waals surface area contributed by atoms with Crippen molar-refractivity contribution in [1.29, 1.82) is 0 Å². The fourth-order valence-corrected chi connectivity index (χ4v) is 2.37. The number of hydrazine groups is 1. The third kappa shape index (κ3) is 3.35. The van der Waals surface area contributed by atoms with Crippen LogP contribution in [0.2, 0.25) is 5.02 Å². The second-order valence-corrected chi connectivity index (χ2v) is 5.57. The molecular weight excluding hydrogens is 350 g/mol. The van der Waals surface area contributed by atoms with Gasteiger partial charge in [-0.05, 0) is 51.7 Å². The van der Waals surface area contributed by atoms with Crippen LogP contribution < -0.4 is 11.3 Å². The normalized spacial score (nSPS) is 12.4. The zero-order chi connectivity index (χ0) is 14.7. The van der Waals surface area contributed by atoms with Gasteiger partial charge in [0.15, 0.2) is 0 Å². The van der Waals surface area contributed by atoms with Gasteiger partial charge in [0.25, 0.3) is 0 Å². The van der Waals surface area contributed by atoms with Crippen LogP contribution in [0, 0.1) is 11.6 Å². The van der Waals surface area contributed by atoms with Crippen molar-refractivity contribution in [1.82, 2.24) is 5.43 Å². The van der Waals surface area contributed by atoms with E-state index in [1.807, 2.05) is 0 Å². The first kappa shape index (κ1) is 15.4. The second-order valence-electron chi connectivity index (χ2n) is 4.31. The van der Waals surface area contributed by atoms with Gasteiger partial charge in [-0.15, -0.1) is 0 Å². The lowest BCUT2D eigenvalue weighted by molar-refractivity contribution is 0.524. The molecule has 0 spiro atoms. The van der Waals surface area contributed by atoms with Crippen molar-refractivity contribution < 1.29 is 8.78 Å². The molecule has 0 amide bonds. The molecule has 3 N–H and O–H groups in total. The standard InChI is InChI=1S/C14H12BrClF2N2/c15-10-5-4-8(6-12(10)17)13(20-19)7-9-2-1-3-11(16)14(9)18/h1-6,13,20H,7,19H2. The minimum atomic E-state index is -0.480. The van der Waals surface area contributed by atoms with Gasteiger partial charge in [-0.1, -0.05) is 29.8 Å². The highest BCUT2D eigenvalue weighted by Crippen LogP contribution is 2.25. The lowest BCUT2D eigenvalue weighted by Crippen LogP contribution is -2.30. The van der Waals surface area contributed by atoms with Crippen molar-refractivity contribution in [2.75, 3.05) is 0 Å². The van der Waals surface area contributed by atoms with E-state index in [0.29, 0.717) is 15.6 Å². The molecule has 0 saturated carbocycles. The molecule has 0 aliphatic heterocycles. The van der Waals surface area contributed by atoms with Crippen molar-refractivity contribution in [3.63, 3.8) is 0 Å². The van der Waals surface area contributed by atoms with Gasteiger partial charge in [0.1, 0.15) is 11.6 Å². The molecule has 1 atom stereocenters. The minimum Gasteiger partial charge on any atom is -0.271 e. The van der Waals surface area contributed by atoms with Crippen LogP contribution >= 0.6 is 27.5 Å². The van der Waals surface area contributed by atoms with Gasteiger partial charge in [0.2, 0.25) is 0 Å². The van der Waals surface area contributed by atoms with Crippen molar-refractivity contribution in [3.05, 3.63) is 68.7 Å². The maximum absolute atomic E-state index is 13.9. The molecule has 2 nitrogen and oxygen atoms in total. The third-order valence-corrected chi connectivity index (χ3v) is 3.94. The van der Waals surface area contributed by atoms with Crippen molar-refractivity contribution >= 4 is 27.5 Å². The Labute approximate surface area is 129 Å². The molecule has 0 aliphatic rings. The van der Waals surface area contributed by atoms with Crippen LogP contribution in [0.1, 0.15) is 17.2 Å². The highest BCUT2D eigenvalue weighted by atomic mass is 79.9. The summed E-state index contributed by atoms with van der Waals surface area (Å²) >= 11 is 8.82. The quantitative estimate of drug-likeness (QED) is 0.635. The first-order chi connectivity index (χ1) is 9.52. The molecule has 0 heterocycles. The Balaban J connectivity index is 2.28. The SMILES string of the molecule is NNC(Cc1cccc(Cl)c1F)c1ccc(Br)c(F)c1. The Morgan fingerprint density at radius 3 is 2.65 bits per heavy atom. The van der Waals surface area contributed by atoms with Gasteiger partial charge in [-0.25, -0.2) is 8.78 Å². The van der Waals surface area contributed by atoms with Crippen molar-refractivity contribution in [3.8, 4) is 0 Å². The van der Waals surface area contributed by atoms with Gasteiger partial charge < -0.3 is 0 Å². The summed E-state index contributed by atoms with van der Waals surface area (Å²) in [4.78, 5) is 0. The van der Waals surface area contributed by atoms with Gasteiger partial charge in [-0.3, -0.25) is 11.3 Å². The summed E-state index contributed by atoms with van der Waals surface area (Å²) in [6, 6.07) is 9.02. The van der Waals surface area contributed by atoms with Crippen LogP contribution in [0.3, 0.4) is 0 Å². The highest BCUT2D eigenvalue weighted by Gasteiger charge is 2.16. The molecule has 6 heteroatoms. The molecule has 0 radical (unpaired) electrons. The summed E-state index contributed by atoms with van der Waals surface area (Å²) in [6.45, 7) is 0. The van der Waals surface area contributed by atoms with Crippen LogP contribution in [-0.4, -0.2) is 0 Å². The van der Waals surface area contributed by atoms with E-state index < -0.39 is 17.7 Å². The average molecular weight is 362 g/mol. The fourth-order valence-electron chi connectivity index (χ4n) is 1.93. The predicted octanol–water partition coefficient (Wildman–Crippen LogP) is 4.13. The fraction of sp³-hybridized carbons (Fsp3) is 0.143. The number of nitrogens with one attached hydrogen (secondary N) is 1. The predicted molar refractivity (Wildman–Crippen MR) is 79.3 cm³/mol. The third-order valence-electron chi connectivity index (χ3n) is 3.00. The summed E-state index contributed by atoms with van der Waals surface area (Å²) in [6.07, 6.45) is 0.268. The molecular formula is C14H12BrClF2N2. The summed E-state index contributed by atoms with van der Waals surface area (Å²) in [5, 5.41) is 0.0558. The summed E-state index contributed by atoms with van der Waals surface area (Å²) in [5.74, 6) is 4.62. The molecule has 1 unspecified atom stereocenters. The molecule has 0 fully saturated rings. The monoisotopic (exact) mass is 360 g/mol. The van der Waals surface area contributed by atoms with Gasteiger partial charge in [0.05, 0.1) is 15.5 Å². The van der Waals surface area contributed by atoms with Gasteiger partial charge in [-0.2, -0.15) is 0 Å². The second kappa shape index (κ2) is 6.63. The Hall–Kier alpha value is -1.01. The van der Waals surface area contributed by atoms with E-state index in [1.54, 1.807) is 24.3 Å². The molecule has 2 rings (SSSR count). The molecule has 0 bridgehead atoms. The van der Waals surface area contributed by atoms with Gasteiger partial charge in [0, 0.05) is 0 Å². The summed E-state index contributed by atoms with van der Waals surface area (Å²) in [5.41, 5.74) is 3.62. The van der Waals surface area contributed by atoms with Crippen LogP contribution in [0.5, 0.6) is 0 Å². The van der Waals surface area contributed by atoms with Gasteiger partial charge >= 0.3 is 0 Å². The Kier molecular flexibility index (Phi) is 5.10. The lowest BCUT2D eigenvalue weighted by atomic mass is 9.99. The number of benzene rings is 2. The highest BCUT2D eigenvalue weighted by molar-refractivity contribution is 9.10.